The predicted molar refractivity (Wildman–Crippen MR) is 181 cm³/mol. The van der Waals surface area contributed by atoms with Gasteiger partial charge in [0, 0.05) is 30.1 Å². The van der Waals surface area contributed by atoms with E-state index < -0.39 is 100 Å². The maximum atomic E-state index is 14.7. The molecule has 0 aromatic carbocycles. The van der Waals surface area contributed by atoms with Crippen molar-refractivity contribution in [3.63, 3.8) is 0 Å². The molecule has 12 heteroatoms. The molecule has 0 amide bonds. The average molecular weight is 711 g/mol. The molecule has 0 spiro atoms. The Bertz CT molecular complexity index is 1340. The molecule has 1 aliphatic heterocycles. The molecule has 0 aromatic heterocycles. The molecule has 1 saturated heterocycles. The minimum atomic E-state index is -1.73. The first-order valence-electron chi connectivity index (χ1n) is 18.4. The van der Waals surface area contributed by atoms with Gasteiger partial charge in [0.15, 0.2) is 6.29 Å². The van der Waals surface area contributed by atoms with Crippen LogP contribution in [0, 0.1) is 39.4 Å². The fourth-order valence-electron chi connectivity index (χ4n) is 11.5. The van der Waals surface area contributed by atoms with Crippen LogP contribution in [0.1, 0.15) is 107 Å². The molecule has 15 atom stereocenters. The number of ketones is 1. The number of ether oxygens (including phenoxy) is 3. The zero-order valence-corrected chi connectivity index (χ0v) is 31.3. The van der Waals surface area contributed by atoms with Gasteiger partial charge in [0.05, 0.1) is 30.5 Å². The highest BCUT2D eigenvalue weighted by Gasteiger charge is 2.74. The van der Waals surface area contributed by atoms with Crippen molar-refractivity contribution in [2.45, 2.75) is 167 Å². The second-order valence-electron chi connectivity index (χ2n) is 18.2. The van der Waals surface area contributed by atoms with Crippen molar-refractivity contribution in [2.24, 2.45) is 39.4 Å². The Labute approximate surface area is 296 Å². The topological polar surface area (TPSA) is 203 Å². The Morgan fingerprint density at radius 3 is 2.26 bits per heavy atom. The summed E-state index contributed by atoms with van der Waals surface area (Å²) < 4.78 is 17.4. The molecule has 4 fully saturated rings. The second kappa shape index (κ2) is 13.1. The number of Topliss-reactive ketones (excluding diaryl/α,β-unsaturated/α-hetero) is 1. The molecule has 0 bridgehead atoms. The number of fused-ring (bicyclic) bond motifs is 5. The Kier molecular flexibility index (Phi) is 10.4. The largest absolute Gasteiger partial charge is 0.460 e. The number of hydrogen-bond donors (Lipinski definition) is 7. The normalized spacial score (nSPS) is 46.2. The molecule has 5 rings (SSSR count). The summed E-state index contributed by atoms with van der Waals surface area (Å²) in [5, 5.41) is 76.2. The van der Waals surface area contributed by atoms with Crippen LogP contribution in [0.15, 0.2) is 11.6 Å². The van der Waals surface area contributed by atoms with Gasteiger partial charge in [-0.3, -0.25) is 9.59 Å². The molecule has 12 nitrogen and oxygen atoms in total. The Morgan fingerprint density at radius 1 is 1.02 bits per heavy atom. The monoisotopic (exact) mass is 710 g/mol. The van der Waals surface area contributed by atoms with Crippen molar-refractivity contribution in [3.05, 3.63) is 11.6 Å². The molecule has 4 aliphatic carbocycles. The molecular formula is C38H62O12. The van der Waals surface area contributed by atoms with E-state index in [1.807, 2.05) is 20.8 Å². The summed E-state index contributed by atoms with van der Waals surface area (Å²) in [5.74, 6) is -1.42. The van der Waals surface area contributed by atoms with Crippen molar-refractivity contribution in [3.8, 4) is 0 Å². The highest BCUT2D eigenvalue weighted by atomic mass is 16.7. The summed E-state index contributed by atoms with van der Waals surface area (Å²) in [4.78, 5) is 26.3. The lowest BCUT2D eigenvalue weighted by atomic mass is 9.38. The van der Waals surface area contributed by atoms with E-state index >= 15 is 0 Å². The zero-order chi connectivity index (χ0) is 37.6. The van der Waals surface area contributed by atoms with Gasteiger partial charge < -0.3 is 50.0 Å². The van der Waals surface area contributed by atoms with Crippen LogP contribution in [-0.2, 0) is 23.8 Å². The van der Waals surface area contributed by atoms with Crippen molar-refractivity contribution in [1.29, 1.82) is 0 Å². The average Bonchev–Trinajstić information content (AvgIpc) is 3.21. The van der Waals surface area contributed by atoms with Crippen molar-refractivity contribution >= 4 is 11.8 Å². The number of esters is 1. The van der Waals surface area contributed by atoms with Gasteiger partial charge in [-0.2, -0.15) is 0 Å². The van der Waals surface area contributed by atoms with Gasteiger partial charge >= 0.3 is 5.97 Å². The van der Waals surface area contributed by atoms with E-state index in [0.29, 0.717) is 32.1 Å². The van der Waals surface area contributed by atoms with Gasteiger partial charge in [0.1, 0.15) is 35.8 Å². The van der Waals surface area contributed by atoms with E-state index in [2.05, 4.69) is 19.9 Å². The Morgan fingerprint density at radius 2 is 1.66 bits per heavy atom. The molecule has 286 valence electrons. The van der Waals surface area contributed by atoms with E-state index in [0.717, 1.165) is 5.57 Å². The lowest BCUT2D eigenvalue weighted by Gasteiger charge is -2.65. The number of rotatable bonds is 9. The zero-order valence-electron chi connectivity index (χ0n) is 31.3. The fraction of sp³-hybridized carbons (Fsp3) is 0.895. The van der Waals surface area contributed by atoms with Crippen LogP contribution in [0.4, 0.5) is 0 Å². The number of hydrogen-bond acceptors (Lipinski definition) is 12. The maximum absolute atomic E-state index is 14.7. The minimum absolute atomic E-state index is 0.0718. The molecule has 3 saturated carbocycles. The van der Waals surface area contributed by atoms with Crippen LogP contribution in [-0.4, -0.2) is 114 Å². The van der Waals surface area contributed by atoms with E-state index in [1.165, 1.54) is 6.92 Å². The summed E-state index contributed by atoms with van der Waals surface area (Å²) in [7, 11) is 0. The lowest BCUT2D eigenvalue weighted by molar-refractivity contribution is -0.319. The third kappa shape index (κ3) is 6.02. The van der Waals surface area contributed by atoms with Crippen molar-refractivity contribution in [2.75, 3.05) is 6.61 Å². The van der Waals surface area contributed by atoms with E-state index in [1.54, 1.807) is 20.8 Å². The van der Waals surface area contributed by atoms with Crippen LogP contribution in [0.25, 0.3) is 0 Å². The summed E-state index contributed by atoms with van der Waals surface area (Å²) in [6.45, 7) is 16.1. The SMILES string of the molecule is CC(=O)OC(C)(C)CCC(O)[C@](C)(O)[C@H]1[C@H](O)C[C@@]2(C)[C@@H]3CC=C4[C@@H](CC[C@H](O[C@@H]5O[C@H](CO)[C@@H](O)[C@H](O)[C@H]5O)C4(C)C)[C@]3(C)C(=O)C[C@]12C. The van der Waals surface area contributed by atoms with Crippen molar-refractivity contribution in [1.82, 2.24) is 0 Å². The predicted octanol–water partition coefficient (Wildman–Crippen LogP) is 2.16. The molecule has 50 heavy (non-hydrogen) atoms. The first-order chi connectivity index (χ1) is 22.9. The molecule has 1 heterocycles. The van der Waals surface area contributed by atoms with Gasteiger partial charge in [0.2, 0.25) is 0 Å². The maximum Gasteiger partial charge on any atom is 0.303 e. The number of aliphatic hydroxyl groups is 7. The molecule has 5 aliphatic rings. The van der Waals surface area contributed by atoms with E-state index in [4.69, 9.17) is 14.2 Å². The Hall–Kier alpha value is -1.48. The van der Waals surface area contributed by atoms with Gasteiger partial charge in [-0.25, -0.2) is 0 Å². The van der Waals surface area contributed by atoms with Crippen molar-refractivity contribution < 1.29 is 59.5 Å². The first-order valence-corrected chi connectivity index (χ1v) is 18.4. The summed E-state index contributed by atoms with van der Waals surface area (Å²) in [6, 6.07) is 0. The highest BCUT2D eigenvalue weighted by Crippen LogP contribution is 2.74. The third-order valence-electron chi connectivity index (χ3n) is 14.5. The first kappa shape index (κ1) is 39.7. The van der Waals surface area contributed by atoms with Crippen LogP contribution >= 0.6 is 0 Å². The van der Waals surface area contributed by atoms with Gasteiger partial charge in [-0.15, -0.1) is 0 Å². The van der Waals surface area contributed by atoms with Crippen LogP contribution in [0.5, 0.6) is 0 Å². The quantitative estimate of drug-likeness (QED) is 0.136. The smallest absolute Gasteiger partial charge is 0.303 e. The standard InChI is InChI=1S/C38H62O12/c1-19(40)50-33(2,3)15-14-25(42)38(9,47)31-22(41)16-35(6)24-12-10-20-21(37(24,8)26(43)17-36(31,35)7)11-13-27(34(20,4)5)49-32-30(46)29(45)28(44)23(18-39)48-32/h10,21-25,27-32,39,41-42,44-47H,11-18H2,1-9H3/t21-,22-,23-,24+,25?,27+,28-,29+,30-,31+,32+,35+,36-,37+,38+/m1/s1. The van der Waals surface area contributed by atoms with Crippen LogP contribution in [0.3, 0.4) is 0 Å². The van der Waals surface area contributed by atoms with Gasteiger partial charge in [-0.1, -0.05) is 46.3 Å². The number of aliphatic hydroxyl groups excluding tert-OH is 6. The molecule has 7 N–H and O–H groups in total. The van der Waals surface area contributed by atoms with E-state index in [-0.39, 0.29) is 30.5 Å². The number of carbonyl (C=O) groups excluding carboxylic acids is 2. The van der Waals surface area contributed by atoms with Gasteiger partial charge in [-0.05, 0) is 82.0 Å². The van der Waals surface area contributed by atoms with Crippen LogP contribution < -0.4 is 0 Å². The molecule has 0 radical (unpaired) electrons. The van der Waals surface area contributed by atoms with Gasteiger partial charge in [0.25, 0.3) is 0 Å². The highest BCUT2D eigenvalue weighted by molar-refractivity contribution is 5.88. The summed E-state index contributed by atoms with van der Waals surface area (Å²) in [6.07, 6.45) is -4.70. The molecular weight excluding hydrogens is 648 g/mol. The Balaban J connectivity index is 1.41. The third-order valence-corrected chi connectivity index (χ3v) is 14.5. The lowest BCUT2D eigenvalue weighted by Crippen LogP contribution is -2.65. The number of carbonyl (C=O) groups is 2. The number of allylic oxidation sites excluding steroid dienone is 1. The fourth-order valence-corrected chi connectivity index (χ4v) is 11.5. The minimum Gasteiger partial charge on any atom is -0.460 e. The molecule has 0 aromatic rings. The summed E-state index contributed by atoms with van der Waals surface area (Å²) in [5.41, 5.74) is -4.25. The van der Waals surface area contributed by atoms with E-state index in [9.17, 15) is 45.3 Å². The summed E-state index contributed by atoms with van der Waals surface area (Å²) >= 11 is 0. The van der Waals surface area contributed by atoms with Crippen LogP contribution in [0.2, 0.25) is 0 Å². The molecule has 1 unspecified atom stereocenters. The second-order valence-corrected chi connectivity index (χ2v) is 18.2.